The Hall–Kier alpha value is -2.89. The van der Waals surface area contributed by atoms with Crippen molar-refractivity contribution in [3.63, 3.8) is 0 Å². The number of allylic oxidation sites excluding steroid dienone is 1. The Balaban J connectivity index is 1.49. The minimum Gasteiger partial charge on any atom is -0.389 e. The van der Waals surface area contributed by atoms with E-state index in [1.165, 1.54) is 12.1 Å². The summed E-state index contributed by atoms with van der Waals surface area (Å²) in [4.78, 5) is 24.6. The molecule has 0 saturated heterocycles. The number of benzene rings is 2. The second-order valence-electron chi connectivity index (χ2n) is 9.66. The van der Waals surface area contributed by atoms with Gasteiger partial charge in [0, 0.05) is 29.9 Å². The van der Waals surface area contributed by atoms with E-state index in [0.717, 1.165) is 6.07 Å². The minimum atomic E-state index is -4.04. The summed E-state index contributed by atoms with van der Waals surface area (Å²) in [7, 11) is -4.04. The number of carbonyl (C=O) groups is 2. The summed E-state index contributed by atoms with van der Waals surface area (Å²) in [6.07, 6.45) is 4.28. The number of hydrogen-bond acceptors (Lipinski definition) is 5. The van der Waals surface area contributed by atoms with Crippen LogP contribution in [-0.2, 0) is 14.6 Å². The van der Waals surface area contributed by atoms with E-state index in [1.54, 1.807) is 12.2 Å². The van der Waals surface area contributed by atoms with Crippen LogP contribution in [0.2, 0.25) is 5.02 Å². The van der Waals surface area contributed by atoms with Gasteiger partial charge in [-0.1, -0.05) is 23.8 Å². The van der Waals surface area contributed by atoms with Crippen molar-refractivity contribution in [2.45, 2.75) is 48.4 Å². The van der Waals surface area contributed by atoms with Crippen molar-refractivity contribution in [1.29, 1.82) is 0 Å². The maximum atomic E-state index is 13.5. The number of nitrogens with one attached hydrogen (secondary N) is 2. The van der Waals surface area contributed by atoms with Crippen molar-refractivity contribution in [2.24, 2.45) is 11.8 Å². The second kappa shape index (κ2) is 10.7. The van der Waals surface area contributed by atoms with Gasteiger partial charge < -0.3 is 15.7 Å². The fourth-order valence-corrected chi connectivity index (χ4v) is 7.68. The molecule has 2 aromatic carbocycles. The first-order valence-electron chi connectivity index (χ1n) is 12.0. The Morgan fingerprint density at radius 1 is 1.11 bits per heavy atom. The average Bonchev–Trinajstić information content (AvgIpc) is 2.87. The molecule has 3 fully saturated rings. The van der Waals surface area contributed by atoms with E-state index in [1.807, 2.05) is 6.92 Å². The molecule has 2 aromatic rings. The smallest absolute Gasteiger partial charge is 0.255 e. The predicted octanol–water partition coefficient (Wildman–Crippen LogP) is 4.40. The van der Waals surface area contributed by atoms with Crippen LogP contribution in [0.15, 0.2) is 47.4 Å². The maximum absolute atomic E-state index is 13.5. The van der Waals surface area contributed by atoms with Crippen LogP contribution in [-0.4, -0.2) is 42.7 Å². The molecule has 5 rings (SSSR count). The van der Waals surface area contributed by atoms with E-state index in [2.05, 4.69) is 10.6 Å². The number of anilines is 1. The average molecular weight is 571 g/mol. The third-order valence-corrected chi connectivity index (χ3v) is 10.0. The van der Waals surface area contributed by atoms with Crippen molar-refractivity contribution in [3.8, 4) is 0 Å². The Labute approximate surface area is 223 Å². The van der Waals surface area contributed by atoms with Crippen molar-refractivity contribution >= 4 is 38.9 Å². The molecule has 0 aliphatic heterocycles. The molecule has 3 aliphatic rings. The summed E-state index contributed by atoms with van der Waals surface area (Å²) in [6, 6.07) is 4.74. The van der Waals surface area contributed by atoms with Gasteiger partial charge in [0.15, 0.2) is 27.3 Å². The molecule has 3 saturated carbocycles. The summed E-state index contributed by atoms with van der Waals surface area (Å²) in [5.41, 5.74) is -1.78. The maximum Gasteiger partial charge on any atom is 0.255 e. The van der Waals surface area contributed by atoms with Gasteiger partial charge in [-0.15, -0.1) is 0 Å². The molecule has 7 nitrogen and oxygen atoms in total. The van der Waals surface area contributed by atoms with Crippen LogP contribution in [0.1, 0.15) is 43.0 Å². The predicted molar refractivity (Wildman–Crippen MR) is 135 cm³/mol. The standard InChI is InChI=1S/C26H26ClF3N2O5S/c1-2-3-6-31-23(33)13-26(35)15-8-16(26)10-18(9-15)38(36,37)22-7-14(4-5-19(22)27)25(34)32-17-11-20(28)24(30)21(29)12-17/h2-5,7,11-12,15-16,18,35H,6,8-10,13H2,1H3,(H,31,33)(H,32,34)/b3-2+. The number of sulfone groups is 1. The molecule has 0 spiro atoms. The number of halogens is 4. The van der Waals surface area contributed by atoms with E-state index in [4.69, 9.17) is 11.6 Å². The zero-order valence-corrected chi connectivity index (χ0v) is 21.9. The van der Waals surface area contributed by atoms with Crippen molar-refractivity contribution in [3.05, 3.63) is 70.5 Å². The molecular weight excluding hydrogens is 545 g/mol. The quantitative estimate of drug-likeness (QED) is 0.322. The number of aliphatic hydroxyl groups is 1. The van der Waals surface area contributed by atoms with Crippen LogP contribution < -0.4 is 10.6 Å². The van der Waals surface area contributed by atoms with Crippen molar-refractivity contribution in [1.82, 2.24) is 5.32 Å². The summed E-state index contributed by atoms with van der Waals surface area (Å²) in [5, 5.41) is 15.0. The molecule has 3 aliphatic carbocycles. The first kappa shape index (κ1) is 28.1. The van der Waals surface area contributed by atoms with Crippen LogP contribution in [0, 0.1) is 29.3 Å². The molecular formula is C26H26ClF3N2O5S. The Kier molecular flexibility index (Phi) is 7.92. The Morgan fingerprint density at radius 2 is 1.74 bits per heavy atom. The van der Waals surface area contributed by atoms with Gasteiger partial charge in [0.05, 0.1) is 27.2 Å². The fourth-order valence-electron chi connectivity index (χ4n) is 5.28. The highest BCUT2D eigenvalue weighted by Crippen LogP contribution is 2.57. The van der Waals surface area contributed by atoms with E-state index in [0.29, 0.717) is 25.1 Å². The lowest BCUT2D eigenvalue weighted by Gasteiger charge is -2.58. The normalized spacial score (nSPS) is 24.6. The van der Waals surface area contributed by atoms with E-state index >= 15 is 0 Å². The highest BCUT2D eigenvalue weighted by Gasteiger charge is 2.60. The van der Waals surface area contributed by atoms with Gasteiger partial charge in [0.2, 0.25) is 5.91 Å². The number of rotatable bonds is 8. The third-order valence-electron chi connectivity index (χ3n) is 7.35. The fraction of sp³-hybridized carbons (Fsp3) is 0.385. The van der Waals surface area contributed by atoms with Crippen LogP contribution in [0.3, 0.4) is 0 Å². The van der Waals surface area contributed by atoms with E-state index in [-0.39, 0.29) is 58.2 Å². The number of fused-ring (bicyclic) bond motifs is 2. The Bertz CT molecular complexity index is 1380. The third kappa shape index (κ3) is 5.32. The SMILES string of the molecule is C/C=C/CNC(=O)CC1(O)C2CC1CC(S(=O)(=O)c1cc(C(=O)Nc3cc(F)c(F)c(F)c3)ccc1Cl)C2. The molecule has 38 heavy (non-hydrogen) atoms. The summed E-state index contributed by atoms with van der Waals surface area (Å²) < 4.78 is 67.2. The van der Waals surface area contributed by atoms with Crippen LogP contribution in [0.4, 0.5) is 18.9 Å². The van der Waals surface area contributed by atoms with E-state index < -0.39 is 44.0 Å². The second-order valence-corrected chi connectivity index (χ2v) is 12.3. The zero-order chi connectivity index (χ0) is 27.8. The van der Waals surface area contributed by atoms with Crippen LogP contribution in [0.5, 0.6) is 0 Å². The molecule has 2 amide bonds. The molecule has 204 valence electrons. The van der Waals surface area contributed by atoms with E-state index in [9.17, 15) is 36.3 Å². The van der Waals surface area contributed by atoms with Crippen LogP contribution in [0.25, 0.3) is 0 Å². The van der Waals surface area contributed by atoms with Gasteiger partial charge in [0.25, 0.3) is 5.91 Å². The summed E-state index contributed by atoms with van der Waals surface area (Å²) in [6.45, 7) is 2.16. The lowest BCUT2D eigenvalue weighted by molar-refractivity contribution is -0.183. The molecule has 12 heteroatoms. The minimum absolute atomic E-state index is 0.113. The lowest BCUT2D eigenvalue weighted by atomic mass is 9.52. The molecule has 0 aromatic heterocycles. The van der Waals surface area contributed by atoms with Crippen molar-refractivity contribution < 1.29 is 36.3 Å². The topological polar surface area (TPSA) is 113 Å². The number of amides is 2. The zero-order valence-electron chi connectivity index (χ0n) is 20.3. The van der Waals surface area contributed by atoms with Gasteiger partial charge in [-0.2, -0.15) is 0 Å². The number of carbonyl (C=O) groups excluding carboxylic acids is 2. The first-order chi connectivity index (χ1) is 17.9. The van der Waals surface area contributed by atoms with Gasteiger partial charge in [0.1, 0.15) is 0 Å². The van der Waals surface area contributed by atoms with Crippen molar-refractivity contribution in [2.75, 3.05) is 11.9 Å². The molecule has 2 bridgehead atoms. The molecule has 0 radical (unpaired) electrons. The number of hydrogen-bond donors (Lipinski definition) is 3. The monoisotopic (exact) mass is 570 g/mol. The first-order valence-corrected chi connectivity index (χ1v) is 13.9. The summed E-state index contributed by atoms with van der Waals surface area (Å²) >= 11 is 6.20. The largest absolute Gasteiger partial charge is 0.389 e. The highest BCUT2D eigenvalue weighted by molar-refractivity contribution is 7.92. The molecule has 0 heterocycles. The molecule has 2 unspecified atom stereocenters. The Morgan fingerprint density at radius 3 is 2.34 bits per heavy atom. The van der Waals surface area contributed by atoms with Crippen LogP contribution >= 0.6 is 11.6 Å². The van der Waals surface area contributed by atoms with Gasteiger partial charge in [-0.25, -0.2) is 21.6 Å². The molecule has 2 atom stereocenters. The van der Waals surface area contributed by atoms with Gasteiger partial charge in [-0.3, -0.25) is 9.59 Å². The lowest BCUT2D eigenvalue weighted by Crippen LogP contribution is -2.63. The highest BCUT2D eigenvalue weighted by atomic mass is 35.5. The van der Waals surface area contributed by atoms with Gasteiger partial charge in [-0.05, 0) is 56.2 Å². The molecule has 3 N–H and O–H groups in total. The summed E-state index contributed by atoms with van der Waals surface area (Å²) in [5.74, 6) is -6.65. The van der Waals surface area contributed by atoms with Gasteiger partial charge >= 0.3 is 0 Å².